The summed E-state index contributed by atoms with van der Waals surface area (Å²) in [4.78, 5) is 16.9. The van der Waals surface area contributed by atoms with Gasteiger partial charge in [-0.3, -0.25) is 9.69 Å². The van der Waals surface area contributed by atoms with E-state index < -0.39 is 0 Å². The Hall–Kier alpha value is -0.830. The van der Waals surface area contributed by atoms with Crippen LogP contribution in [0.15, 0.2) is 11.8 Å². The van der Waals surface area contributed by atoms with E-state index in [-0.39, 0.29) is 0 Å². The Morgan fingerprint density at radius 3 is 2.89 bits per heavy atom. The SMILES string of the molecule is O=C1CCCC2C3CCCN4CCCC(=CN12)C34. The minimum absolute atomic E-state index is 0.375. The third-order valence-electron chi connectivity index (χ3n) is 5.41. The highest BCUT2D eigenvalue weighted by Crippen LogP contribution is 2.43. The molecule has 0 aromatic rings. The van der Waals surface area contributed by atoms with Crippen molar-refractivity contribution < 1.29 is 4.79 Å². The van der Waals surface area contributed by atoms with Gasteiger partial charge in [0.25, 0.3) is 0 Å². The second kappa shape index (κ2) is 4.09. The molecule has 0 aromatic heterocycles. The molecule has 0 aromatic carbocycles. The highest BCUT2D eigenvalue weighted by Gasteiger charge is 2.46. The number of piperidine rings is 3. The van der Waals surface area contributed by atoms with E-state index >= 15 is 0 Å². The maximum Gasteiger partial charge on any atom is 0.226 e. The zero-order valence-corrected chi connectivity index (χ0v) is 11.0. The molecule has 3 atom stereocenters. The molecule has 0 radical (unpaired) electrons. The van der Waals surface area contributed by atoms with Gasteiger partial charge < -0.3 is 4.90 Å². The summed E-state index contributed by atoms with van der Waals surface area (Å²) in [6.07, 6.45) is 10.5. The summed E-state index contributed by atoms with van der Waals surface area (Å²) in [5, 5.41) is 0. The zero-order valence-electron chi connectivity index (χ0n) is 11.0. The average molecular weight is 246 g/mol. The van der Waals surface area contributed by atoms with Crippen LogP contribution in [-0.2, 0) is 4.79 Å². The fourth-order valence-corrected chi connectivity index (χ4v) is 4.72. The van der Waals surface area contributed by atoms with Crippen molar-refractivity contribution in [2.75, 3.05) is 13.1 Å². The maximum atomic E-state index is 12.1. The number of carbonyl (C=O) groups is 1. The van der Waals surface area contributed by atoms with Gasteiger partial charge in [0.2, 0.25) is 5.91 Å². The lowest BCUT2D eigenvalue weighted by molar-refractivity contribution is -0.136. The molecule has 1 amide bonds. The van der Waals surface area contributed by atoms with E-state index in [9.17, 15) is 4.79 Å². The molecule has 0 bridgehead atoms. The minimum atomic E-state index is 0.375. The predicted molar refractivity (Wildman–Crippen MR) is 69.9 cm³/mol. The van der Waals surface area contributed by atoms with Gasteiger partial charge in [0.1, 0.15) is 0 Å². The standard InChI is InChI=1S/C15H22N2O/c18-14-7-1-6-13-12-5-3-9-16-8-2-4-11(15(12)16)10-17(13)14/h10,12-13,15H,1-9H2. The van der Waals surface area contributed by atoms with Crippen molar-refractivity contribution in [3.8, 4) is 0 Å². The summed E-state index contributed by atoms with van der Waals surface area (Å²) >= 11 is 0. The topological polar surface area (TPSA) is 23.6 Å². The lowest BCUT2D eigenvalue weighted by atomic mass is 9.72. The first-order valence-corrected chi connectivity index (χ1v) is 7.60. The molecule has 3 unspecified atom stereocenters. The summed E-state index contributed by atoms with van der Waals surface area (Å²) in [6, 6.07) is 1.19. The van der Waals surface area contributed by atoms with Crippen molar-refractivity contribution >= 4 is 5.91 Å². The van der Waals surface area contributed by atoms with Crippen LogP contribution in [0.25, 0.3) is 0 Å². The van der Waals surface area contributed by atoms with Gasteiger partial charge in [-0.1, -0.05) is 0 Å². The molecule has 4 aliphatic rings. The van der Waals surface area contributed by atoms with Gasteiger partial charge >= 0.3 is 0 Å². The molecule has 3 fully saturated rings. The molecule has 98 valence electrons. The van der Waals surface area contributed by atoms with E-state index in [0.717, 1.165) is 18.8 Å². The lowest BCUT2D eigenvalue weighted by Crippen LogP contribution is -2.60. The second-order valence-electron chi connectivity index (χ2n) is 6.36. The highest BCUT2D eigenvalue weighted by molar-refractivity contribution is 5.78. The average Bonchev–Trinajstić information content (AvgIpc) is 2.41. The van der Waals surface area contributed by atoms with Crippen molar-refractivity contribution in [1.29, 1.82) is 0 Å². The Morgan fingerprint density at radius 2 is 1.94 bits per heavy atom. The Labute approximate surface area is 109 Å². The fourth-order valence-electron chi connectivity index (χ4n) is 4.72. The van der Waals surface area contributed by atoms with Gasteiger partial charge in [0, 0.05) is 24.7 Å². The van der Waals surface area contributed by atoms with Crippen molar-refractivity contribution in [2.24, 2.45) is 5.92 Å². The predicted octanol–water partition coefficient (Wildman–Crippen LogP) is 2.14. The Bertz CT molecular complexity index is 401. The minimum Gasteiger partial charge on any atom is -0.316 e. The quantitative estimate of drug-likeness (QED) is 0.654. The molecule has 3 nitrogen and oxygen atoms in total. The van der Waals surface area contributed by atoms with Crippen LogP contribution >= 0.6 is 0 Å². The first-order chi connectivity index (χ1) is 8.84. The van der Waals surface area contributed by atoms with Crippen LogP contribution in [0, 0.1) is 5.92 Å². The van der Waals surface area contributed by atoms with Crippen LogP contribution in [-0.4, -0.2) is 40.9 Å². The molecule has 4 rings (SSSR count). The number of hydrogen-bond acceptors (Lipinski definition) is 2. The van der Waals surface area contributed by atoms with E-state index in [0.29, 0.717) is 18.0 Å². The normalized spacial score (nSPS) is 40.0. The van der Waals surface area contributed by atoms with E-state index in [1.807, 2.05) is 0 Å². The molecule has 4 heterocycles. The van der Waals surface area contributed by atoms with E-state index in [4.69, 9.17) is 0 Å². The number of rotatable bonds is 0. The molecule has 0 spiro atoms. The molecule has 18 heavy (non-hydrogen) atoms. The summed E-state index contributed by atoms with van der Waals surface area (Å²) in [7, 11) is 0. The first-order valence-electron chi connectivity index (χ1n) is 7.60. The van der Waals surface area contributed by atoms with E-state index in [1.165, 1.54) is 45.2 Å². The summed E-state index contributed by atoms with van der Waals surface area (Å²) in [6.45, 7) is 2.55. The Kier molecular flexibility index (Phi) is 2.51. The van der Waals surface area contributed by atoms with Gasteiger partial charge in [-0.15, -0.1) is 0 Å². The van der Waals surface area contributed by atoms with Crippen LogP contribution in [0.5, 0.6) is 0 Å². The van der Waals surface area contributed by atoms with Gasteiger partial charge in [-0.25, -0.2) is 0 Å². The molecular formula is C15H22N2O. The third-order valence-corrected chi connectivity index (χ3v) is 5.41. The second-order valence-corrected chi connectivity index (χ2v) is 6.36. The molecule has 4 aliphatic heterocycles. The summed E-state index contributed by atoms with van der Waals surface area (Å²) in [5.74, 6) is 1.10. The fraction of sp³-hybridized carbons (Fsp3) is 0.800. The molecule has 0 saturated carbocycles. The molecule has 0 aliphatic carbocycles. The van der Waals surface area contributed by atoms with E-state index in [2.05, 4.69) is 16.0 Å². The lowest BCUT2D eigenvalue weighted by Gasteiger charge is -2.54. The monoisotopic (exact) mass is 246 g/mol. The van der Waals surface area contributed by atoms with Crippen molar-refractivity contribution in [1.82, 2.24) is 9.80 Å². The van der Waals surface area contributed by atoms with Crippen LogP contribution in [0.1, 0.15) is 44.9 Å². The number of carbonyl (C=O) groups excluding carboxylic acids is 1. The van der Waals surface area contributed by atoms with Gasteiger partial charge in [-0.2, -0.15) is 0 Å². The Balaban J connectivity index is 1.74. The van der Waals surface area contributed by atoms with Crippen LogP contribution < -0.4 is 0 Å². The van der Waals surface area contributed by atoms with Crippen molar-refractivity contribution in [3.63, 3.8) is 0 Å². The highest BCUT2D eigenvalue weighted by atomic mass is 16.2. The number of hydrogen-bond donors (Lipinski definition) is 0. The number of nitrogens with zero attached hydrogens (tertiary/aromatic N) is 2. The third kappa shape index (κ3) is 1.49. The molecule has 0 N–H and O–H groups in total. The summed E-state index contributed by atoms with van der Waals surface area (Å²) < 4.78 is 0. The molecule has 3 saturated heterocycles. The largest absolute Gasteiger partial charge is 0.316 e. The maximum absolute atomic E-state index is 12.1. The van der Waals surface area contributed by atoms with Crippen molar-refractivity contribution in [2.45, 2.75) is 57.0 Å². The van der Waals surface area contributed by atoms with Crippen LogP contribution in [0.4, 0.5) is 0 Å². The number of fused-ring (bicyclic) bond motifs is 2. The van der Waals surface area contributed by atoms with Gasteiger partial charge in [-0.05, 0) is 63.1 Å². The van der Waals surface area contributed by atoms with Crippen molar-refractivity contribution in [3.05, 3.63) is 11.8 Å². The van der Waals surface area contributed by atoms with Gasteiger partial charge in [0.15, 0.2) is 0 Å². The van der Waals surface area contributed by atoms with Crippen LogP contribution in [0.2, 0.25) is 0 Å². The number of amides is 1. The summed E-state index contributed by atoms with van der Waals surface area (Å²) in [5.41, 5.74) is 1.55. The van der Waals surface area contributed by atoms with E-state index in [1.54, 1.807) is 5.57 Å². The van der Waals surface area contributed by atoms with Gasteiger partial charge in [0.05, 0.1) is 0 Å². The zero-order chi connectivity index (χ0) is 12.1. The first kappa shape index (κ1) is 11.0. The molecule has 3 heteroatoms. The van der Waals surface area contributed by atoms with Crippen LogP contribution in [0.3, 0.4) is 0 Å². The Morgan fingerprint density at radius 1 is 1.06 bits per heavy atom. The molecular weight excluding hydrogens is 224 g/mol. The smallest absolute Gasteiger partial charge is 0.226 e.